The number of anilines is 1. The molecule has 0 aliphatic rings. The minimum Gasteiger partial charge on any atom is -0.366 e. The Morgan fingerprint density at radius 3 is 2.74 bits per heavy atom. The van der Waals surface area contributed by atoms with Crippen molar-refractivity contribution in [1.82, 2.24) is 9.97 Å². The molecule has 0 amide bonds. The first-order valence-corrected chi connectivity index (χ1v) is 7.24. The van der Waals surface area contributed by atoms with Gasteiger partial charge < -0.3 is 5.32 Å². The van der Waals surface area contributed by atoms with Crippen LogP contribution in [0.15, 0.2) is 34.8 Å². The van der Waals surface area contributed by atoms with Crippen molar-refractivity contribution in [3.8, 4) is 0 Å². The fraction of sp³-hybridized carbons (Fsp3) is 0.286. The Morgan fingerprint density at radius 1 is 1.26 bits per heavy atom. The van der Waals surface area contributed by atoms with E-state index in [-0.39, 0.29) is 5.92 Å². The van der Waals surface area contributed by atoms with Gasteiger partial charge in [-0.05, 0) is 17.7 Å². The molecule has 19 heavy (non-hydrogen) atoms. The van der Waals surface area contributed by atoms with Crippen molar-refractivity contribution in [1.29, 1.82) is 0 Å². The SMILES string of the molecule is CC(C)c1nc(Cl)cc(NCc2cccc(Br)c2)n1. The lowest BCUT2D eigenvalue weighted by atomic mass is 10.2. The van der Waals surface area contributed by atoms with Crippen molar-refractivity contribution in [3.63, 3.8) is 0 Å². The Bertz CT molecular complexity index is 572. The largest absolute Gasteiger partial charge is 0.366 e. The molecule has 1 aromatic carbocycles. The molecule has 0 saturated carbocycles. The lowest BCUT2D eigenvalue weighted by Gasteiger charge is -2.10. The second kappa shape index (κ2) is 6.35. The number of rotatable bonds is 4. The Hall–Kier alpha value is -1.13. The molecule has 0 radical (unpaired) electrons. The van der Waals surface area contributed by atoms with Gasteiger partial charge in [0.05, 0.1) is 0 Å². The summed E-state index contributed by atoms with van der Waals surface area (Å²) in [5.41, 5.74) is 1.18. The predicted molar refractivity (Wildman–Crippen MR) is 82.6 cm³/mol. The third kappa shape index (κ3) is 4.18. The first-order valence-electron chi connectivity index (χ1n) is 6.07. The van der Waals surface area contributed by atoms with Crippen molar-refractivity contribution in [2.75, 3.05) is 5.32 Å². The first kappa shape index (κ1) is 14.3. The Labute approximate surface area is 126 Å². The van der Waals surface area contributed by atoms with Gasteiger partial charge in [-0.3, -0.25) is 0 Å². The number of nitrogens with zero attached hydrogens (tertiary/aromatic N) is 2. The van der Waals surface area contributed by atoms with Crippen LogP contribution in [0.25, 0.3) is 0 Å². The topological polar surface area (TPSA) is 37.8 Å². The summed E-state index contributed by atoms with van der Waals surface area (Å²) in [4.78, 5) is 8.66. The summed E-state index contributed by atoms with van der Waals surface area (Å²) in [5, 5.41) is 3.74. The van der Waals surface area contributed by atoms with Gasteiger partial charge in [-0.15, -0.1) is 0 Å². The normalized spacial score (nSPS) is 10.8. The van der Waals surface area contributed by atoms with Crippen LogP contribution in [0.2, 0.25) is 5.15 Å². The third-order valence-electron chi connectivity index (χ3n) is 2.59. The second-order valence-corrected chi connectivity index (χ2v) is 5.88. The highest BCUT2D eigenvalue weighted by Crippen LogP contribution is 2.18. The molecule has 0 aliphatic heterocycles. The van der Waals surface area contributed by atoms with E-state index in [1.807, 2.05) is 26.0 Å². The quantitative estimate of drug-likeness (QED) is 0.825. The van der Waals surface area contributed by atoms with E-state index in [2.05, 4.69) is 43.3 Å². The summed E-state index contributed by atoms with van der Waals surface area (Å²) in [7, 11) is 0. The molecule has 0 saturated heterocycles. The molecule has 0 aliphatic carbocycles. The zero-order valence-corrected chi connectivity index (χ0v) is 13.2. The van der Waals surface area contributed by atoms with Crippen LogP contribution < -0.4 is 5.32 Å². The molecule has 0 atom stereocenters. The maximum Gasteiger partial charge on any atom is 0.135 e. The molecule has 100 valence electrons. The van der Waals surface area contributed by atoms with Gasteiger partial charge in [-0.1, -0.05) is 53.5 Å². The number of aromatic nitrogens is 2. The van der Waals surface area contributed by atoms with Crippen LogP contribution >= 0.6 is 27.5 Å². The first-order chi connectivity index (χ1) is 9.04. The molecular weight excluding hydrogens is 326 g/mol. The minimum absolute atomic E-state index is 0.255. The number of benzene rings is 1. The summed E-state index contributed by atoms with van der Waals surface area (Å²) < 4.78 is 1.07. The van der Waals surface area contributed by atoms with E-state index in [1.165, 1.54) is 5.56 Å². The van der Waals surface area contributed by atoms with E-state index >= 15 is 0 Å². The molecule has 1 aromatic heterocycles. The van der Waals surface area contributed by atoms with E-state index in [4.69, 9.17) is 11.6 Å². The van der Waals surface area contributed by atoms with Crippen LogP contribution in [-0.4, -0.2) is 9.97 Å². The maximum absolute atomic E-state index is 6.00. The highest BCUT2D eigenvalue weighted by Gasteiger charge is 2.06. The Balaban J connectivity index is 2.11. The molecule has 2 aromatic rings. The van der Waals surface area contributed by atoms with E-state index in [0.717, 1.165) is 16.1 Å². The van der Waals surface area contributed by atoms with Crippen LogP contribution in [0.3, 0.4) is 0 Å². The van der Waals surface area contributed by atoms with Gasteiger partial charge in [0.15, 0.2) is 0 Å². The molecule has 3 nitrogen and oxygen atoms in total. The maximum atomic E-state index is 6.00. The highest BCUT2D eigenvalue weighted by molar-refractivity contribution is 9.10. The van der Waals surface area contributed by atoms with E-state index in [9.17, 15) is 0 Å². The number of hydrogen-bond acceptors (Lipinski definition) is 3. The van der Waals surface area contributed by atoms with E-state index in [0.29, 0.717) is 11.7 Å². The Kier molecular flexibility index (Phi) is 4.77. The van der Waals surface area contributed by atoms with Crippen LogP contribution in [0, 0.1) is 0 Å². The molecule has 0 bridgehead atoms. The van der Waals surface area contributed by atoms with Crippen molar-refractivity contribution in [3.05, 3.63) is 51.3 Å². The summed E-state index contributed by atoms with van der Waals surface area (Å²) >= 11 is 9.46. The molecule has 5 heteroatoms. The van der Waals surface area contributed by atoms with Crippen LogP contribution in [0.5, 0.6) is 0 Å². The van der Waals surface area contributed by atoms with Gasteiger partial charge >= 0.3 is 0 Å². The monoisotopic (exact) mass is 339 g/mol. The van der Waals surface area contributed by atoms with Crippen molar-refractivity contribution < 1.29 is 0 Å². The van der Waals surface area contributed by atoms with Crippen molar-refractivity contribution in [2.45, 2.75) is 26.3 Å². The molecule has 2 rings (SSSR count). The van der Waals surface area contributed by atoms with E-state index in [1.54, 1.807) is 6.07 Å². The van der Waals surface area contributed by atoms with Gasteiger partial charge in [-0.25, -0.2) is 9.97 Å². The molecular formula is C14H15BrClN3. The zero-order valence-electron chi connectivity index (χ0n) is 10.8. The van der Waals surface area contributed by atoms with Crippen molar-refractivity contribution in [2.24, 2.45) is 0 Å². The van der Waals surface area contributed by atoms with Gasteiger partial charge in [-0.2, -0.15) is 0 Å². The fourth-order valence-corrected chi connectivity index (χ4v) is 2.26. The number of halogens is 2. The molecule has 1 N–H and O–H groups in total. The molecule has 0 spiro atoms. The van der Waals surface area contributed by atoms with Crippen LogP contribution in [0.4, 0.5) is 5.82 Å². The van der Waals surface area contributed by atoms with Crippen LogP contribution in [-0.2, 0) is 6.54 Å². The number of nitrogens with one attached hydrogen (secondary N) is 1. The summed E-state index contributed by atoms with van der Waals surface area (Å²) in [6.45, 7) is 4.79. The average Bonchev–Trinajstić information content (AvgIpc) is 2.36. The standard InChI is InChI=1S/C14H15BrClN3/c1-9(2)14-18-12(16)7-13(19-14)17-8-10-4-3-5-11(15)6-10/h3-7,9H,8H2,1-2H3,(H,17,18,19). The second-order valence-electron chi connectivity index (χ2n) is 4.57. The summed E-state index contributed by atoms with van der Waals surface area (Å²) in [6.07, 6.45) is 0. The predicted octanol–water partition coefficient (Wildman–Crippen LogP) is 4.63. The average molecular weight is 341 g/mol. The third-order valence-corrected chi connectivity index (χ3v) is 3.28. The van der Waals surface area contributed by atoms with Gasteiger partial charge in [0.2, 0.25) is 0 Å². The lowest BCUT2D eigenvalue weighted by molar-refractivity contribution is 0.774. The van der Waals surface area contributed by atoms with Gasteiger partial charge in [0, 0.05) is 23.0 Å². The molecule has 0 unspecified atom stereocenters. The van der Waals surface area contributed by atoms with Crippen LogP contribution in [0.1, 0.15) is 31.2 Å². The highest BCUT2D eigenvalue weighted by atomic mass is 79.9. The molecule has 1 heterocycles. The lowest BCUT2D eigenvalue weighted by Crippen LogP contribution is -2.05. The van der Waals surface area contributed by atoms with E-state index < -0.39 is 0 Å². The minimum atomic E-state index is 0.255. The van der Waals surface area contributed by atoms with Gasteiger partial charge in [0.25, 0.3) is 0 Å². The number of hydrogen-bond donors (Lipinski definition) is 1. The van der Waals surface area contributed by atoms with Gasteiger partial charge in [0.1, 0.15) is 16.8 Å². The summed E-state index contributed by atoms with van der Waals surface area (Å²) in [5.74, 6) is 1.76. The smallest absolute Gasteiger partial charge is 0.135 e. The summed E-state index contributed by atoms with van der Waals surface area (Å²) in [6, 6.07) is 9.88. The zero-order chi connectivity index (χ0) is 13.8. The van der Waals surface area contributed by atoms with Crippen molar-refractivity contribution >= 4 is 33.3 Å². The molecule has 0 fully saturated rings. The Morgan fingerprint density at radius 2 is 2.05 bits per heavy atom. The fourth-order valence-electron chi connectivity index (χ4n) is 1.62.